The molecule has 1 saturated heterocycles. The molecule has 68 valence electrons. The Morgan fingerprint density at radius 1 is 1.83 bits per heavy atom. The Morgan fingerprint density at radius 2 is 2.50 bits per heavy atom. The summed E-state index contributed by atoms with van der Waals surface area (Å²) in [5.74, 6) is -0.347. The number of hydrogen-bond acceptors (Lipinski definition) is 4. The van der Waals surface area contributed by atoms with Gasteiger partial charge in [0.1, 0.15) is 6.61 Å². The van der Waals surface area contributed by atoms with Crippen LogP contribution in [0, 0.1) is 0 Å². The number of carbonyl (C=O) groups is 2. The predicted molar refractivity (Wildman–Crippen MR) is 41.3 cm³/mol. The second kappa shape index (κ2) is 3.53. The van der Waals surface area contributed by atoms with E-state index >= 15 is 0 Å². The maximum Gasteiger partial charge on any atom is 0.416 e. The summed E-state index contributed by atoms with van der Waals surface area (Å²) in [5.41, 5.74) is 5.46. The summed E-state index contributed by atoms with van der Waals surface area (Å²) < 4.78 is 4.59. The summed E-state index contributed by atoms with van der Waals surface area (Å²) >= 11 is 0. The lowest BCUT2D eigenvalue weighted by Crippen LogP contribution is -2.43. The molecule has 0 aromatic heterocycles. The Morgan fingerprint density at radius 3 is 2.92 bits per heavy atom. The minimum atomic E-state index is -0.587. The number of ether oxygens (including phenoxy) is 1. The molecule has 0 aliphatic carbocycles. The second-order valence-electron chi connectivity index (χ2n) is 2.62. The minimum absolute atomic E-state index is 0.279. The van der Waals surface area contributed by atoms with Crippen molar-refractivity contribution in [3.05, 3.63) is 0 Å². The van der Waals surface area contributed by atoms with E-state index in [1.165, 1.54) is 0 Å². The summed E-state index contributed by atoms with van der Waals surface area (Å²) in [6.07, 6.45) is -0.0494. The molecule has 1 atom stereocenters. The molecule has 5 heteroatoms. The van der Waals surface area contributed by atoms with Gasteiger partial charge in [0.2, 0.25) is 5.91 Å². The van der Waals surface area contributed by atoms with Gasteiger partial charge in [0, 0.05) is 0 Å². The van der Waals surface area contributed by atoms with Gasteiger partial charge in [0.15, 0.2) is 0 Å². The van der Waals surface area contributed by atoms with E-state index < -0.39 is 12.1 Å². The van der Waals surface area contributed by atoms with Gasteiger partial charge in [-0.1, -0.05) is 6.92 Å². The number of carbonyl (C=O) groups excluding carboxylic acids is 2. The lowest BCUT2D eigenvalue weighted by Gasteiger charge is -2.14. The summed E-state index contributed by atoms with van der Waals surface area (Å²) in [7, 11) is 0. The van der Waals surface area contributed by atoms with Crippen LogP contribution in [-0.2, 0) is 9.53 Å². The Bertz CT molecular complexity index is 205. The lowest BCUT2D eigenvalue weighted by atomic mass is 10.2. The first-order valence-electron chi connectivity index (χ1n) is 3.90. The van der Waals surface area contributed by atoms with Gasteiger partial charge in [-0.05, 0) is 6.42 Å². The summed E-state index contributed by atoms with van der Waals surface area (Å²) in [4.78, 5) is 23.2. The first kappa shape index (κ1) is 8.99. The molecule has 0 bridgehead atoms. The highest BCUT2D eigenvalue weighted by molar-refractivity contribution is 5.95. The maximum atomic E-state index is 11.3. The monoisotopic (exact) mass is 172 g/mol. The molecule has 2 amide bonds. The molecule has 1 rings (SSSR count). The number of cyclic esters (lactones) is 1. The normalized spacial score (nSPS) is 19.2. The van der Waals surface area contributed by atoms with Gasteiger partial charge in [0.05, 0.1) is 12.6 Å². The van der Waals surface area contributed by atoms with Gasteiger partial charge in [-0.2, -0.15) is 0 Å². The van der Waals surface area contributed by atoms with Crippen molar-refractivity contribution in [2.24, 2.45) is 5.73 Å². The van der Waals surface area contributed by atoms with Crippen molar-refractivity contribution in [3.8, 4) is 0 Å². The molecular formula is C7H12N2O3. The van der Waals surface area contributed by atoms with Crippen LogP contribution in [0.3, 0.4) is 0 Å². The molecule has 0 aromatic carbocycles. The van der Waals surface area contributed by atoms with E-state index in [-0.39, 0.29) is 12.5 Å². The Labute approximate surface area is 70.5 Å². The van der Waals surface area contributed by atoms with Crippen LogP contribution in [0.5, 0.6) is 0 Å². The maximum absolute atomic E-state index is 11.3. The van der Waals surface area contributed by atoms with Gasteiger partial charge in [-0.3, -0.25) is 4.79 Å². The number of nitrogens with two attached hydrogens (primary N) is 1. The summed E-state index contributed by atoms with van der Waals surface area (Å²) in [6.45, 7) is 2.40. The fourth-order valence-corrected chi connectivity index (χ4v) is 0.968. The van der Waals surface area contributed by atoms with E-state index in [9.17, 15) is 9.59 Å². The molecule has 0 saturated carbocycles. The predicted octanol–water partition coefficient (Wildman–Crippen LogP) is -0.297. The molecule has 2 N–H and O–H groups in total. The Balaban J connectivity index is 2.57. The van der Waals surface area contributed by atoms with Crippen molar-refractivity contribution in [2.75, 3.05) is 13.2 Å². The molecule has 0 aromatic rings. The first-order chi connectivity index (χ1) is 5.66. The highest BCUT2D eigenvalue weighted by atomic mass is 16.6. The fraction of sp³-hybridized carbons (Fsp3) is 0.714. The van der Waals surface area contributed by atoms with E-state index in [2.05, 4.69) is 4.74 Å². The molecule has 1 unspecified atom stereocenters. The Kier molecular flexibility index (Phi) is 2.65. The van der Waals surface area contributed by atoms with Gasteiger partial charge in [-0.25, -0.2) is 9.69 Å². The lowest BCUT2D eigenvalue weighted by molar-refractivity contribution is -0.129. The van der Waals surface area contributed by atoms with Crippen LogP contribution in [0.15, 0.2) is 0 Å². The smallest absolute Gasteiger partial charge is 0.416 e. The van der Waals surface area contributed by atoms with Crippen LogP contribution in [-0.4, -0.2) is 36.1 Å². The third-order valence-electron chi connectivity index (χ3n) is 1.78. The number of imide groups is 1. The van der Waals surface area contributed by atoms with Crippen molar-refractivity contribution >= 4 is 12.0 Å². The zero-order valence-corrected chi connectivity index (χ0v) is 6.95. The van der Waals surface area contributed by atoms with Gasteiger partial charge in [0.25, 0.3) is 0 Å². The molecule has 1 aliphatic heterocycles. The summed E-state index contributed by atoms with van der Waals surface area (Å²) in [6, 6.07) is -0.587. The number of amides is 2. The molecule has 5 nitrogen and oxygen atoms in total. The Hall–Kier alpha value is -1.10. The van der Waals surface area contributed by atoms with Crippen molar-refractivity contribution in [2.45, 2.75) is 19.4 Å². The molecule has 0 spiro atoms. The average Bonchev–Trinajstić information content (AvgIpc) is 2.48. The molecule has 1 aliphatic rings. The van der Waals surface area contributed by atoms with Crippen LogP contribution in [0.2, 0.25) is 0 Å². The molecule has 1 heterocycles. The zero-order valence-electron chi connectivity index (χ0n) is 6.95. The summed E-state index contributed by atoms with van der Waals surface area (Å²) in [5, 5.41) is 0. The third kappa shape index (κ3) is 1.55. The number of nitrogens with zero attached hydrogens (tertiary/aromatic N) is 1. The van der Waals surface area contributed by atoms with Gasteiger partial charge in [-0.15, -0.1) is 0 Å². The van der Waals surface area contributed by atoms with E-state index in [0.29, 0.717) is 13.0 Å². The van der Waals surface area contributed by atoms with Crippen LogP contribution in [0.1, 0.15) is 13.3 Å². The molecule has 12 heavy (non-hydrogen) atoms. The largest absolute Gasteiger partial charge is 0.447 e. The topological polar surface area (TPSA) is 72.6 Å². The molecular weight excluding hydrogens is 160 g/mol. The van der Waals surface area contributed by atoms with Crippen LogP contribution >= 0.6 is 0 Å². The van der Waals surface area contributed by atoms with E-state index in [1.807, 2.05) is 0 Å². The quantitative estimate of drug-likeness (QED) is 0.620. The SMILES string of the molecule is CCC(N)C(=O)N1CCOC1=O. The van der Waals surface area contributed by atoms with E-state index in [0.717, 1.165) is 4.90 Å². The number of hydrogen-bond donors (Lipinski definition) is 1. The van der Waals surface area contributed by atoms with Crippen molar-refractivity contribution in [3.63, 3.8) is 0 Å². The first-order valence-corrected chi connectivity index (χ1v) is 3.90. The fourth-order valence-electron chi connectivity index (χ4n) is 0.968. The minimum Gasteiger partial charge on any atom is -0.447 e. The standard InChI is InChI=1S/C7H12N2O3/c1-2-5(8)6(10)9-3-4-12-7(9)11/h5H,2-4,8H2,1H3. The second-order valence-corrected chi connectivity index (χ2v) is 2.62. The van der Waals surface area contributed by atoms with Crippen molar-refractivity contribution in [1.82, 2.24) is 4.90 Å². The average molecular weight is 172 g/mol. The van der Waals surface area contributed by atoms with Crippen molar-refractivity contribution in [1.29, 1.82) is 0 Å². The zero-order chi connectivity index (χ0) is 9.14. The van der Waals surface area contributed by atoms with E-state index in [4.69, 9.17) is 5.73 Å². The van der Waals surface area contributed by atoms with Crippen molar-refractivity contribution < 1.29 is 14.3 Å². The molecule has 1 fully saturated rings. The third-order valence-corrected chi connectivity index (χ3v) is 1.78. The number of rotatable bonds is 2. The van der Waals surface area contributed by atoms with Crippen LogP contribution in [0.25, 0.3) is 0 Å². The highest BCUT2D eigenvalue weighted by Crippen LogP contribution is 2.05. The molecule has 0 radical (unpaired) electrons. The highest BCUT2D eigenvalue weighted by Gasteiger charge is 2.30. The van der Waals surface area contributed by atoms with Gasteiger partial charge >= 0.3 is 6.09 Å². The van der Waals surface area contributed by atoms with E-state index in [1.54, 1.807) is 6.92 Å². The van der Waals surface area contributed by atoms with Crippen LogP contribution in [0.4, 0.5) is 4.79 Å². The van der Waals surface area contributed by atoms with Crippen LogP contribution < -0.4 is 5.73 Å². The van der Waals surface area contributed by atoms with Gasteiger partial charge < -0.3 is 10.5 Å².